The van der Waals surface area contributed by atoms with Crippen molar-refractivity contribution < 1.29 is 4.79 Å². The summed E-state index contributed by atoms with van der Waals surface area (Å²) < 4.78 is 0. The summed E-state index contributed by atoms with van der Waals surface area (Å²) in [5.41, 5.74) is 0.150. The van der Waals surface area contributed by atoms with Crippen LogP contribution in [0.15, 0.2) is 0 Å². The van der Waals surface area contributed by atoms with Gasteiger partial charge in [0.25, 0.3) is 0 Å². The number of Topliss-reactive ketones (excluding diaryl/α,β-unsaturated/α-hetero) is 1. The number of hydrogen-bond acceptors (Lipinski definition) is 2. The van der Waals surface area contributed by atoms with Gasteiger partial charge in [-0.3, -0.25) is 4.79 Å². The molecule has 0 bridgehead atoms. The van der Waals surface area contributed by atoms with Crippen molar-refractivity contribution in [2.75, 3.05) is 13.1 Å². The van der Waals surface area contributed by atoms with Crippen LogP contribution in [0.4, 0.5) is 0 Å². The van der Waals surface area contributed by atoms with E-state index < -0.39 is 0 Å². The van der Waals surface area contributed by atoms with Gasteiger partial charge in [-0.15, -0.1) is 0 Å². The molecule has 82 valence electrons. The molecular weight excluding hydrogens is 174 g/mol. The van der Waals surface area contributed by atoms with Gasteiger partial charge in [0.1, 0.15) is 5.78 Å². The Bertz CT molecular complexity index is 185. The number of hydrogen-bond donors (Lipinski definition) is 1. The standard InChI is InChI=1S/C12H23NO/c1-12(2,3)9-11(14)10-5-4-7-13-8-6-10/h10,13H,4-9H2,1-3H3. The second-order valence-electron chi connectivity index (χ2n) is 5.58. The molecule has 1 rings (SSSR count). The molecule has 0 radical (unpaired) electrons. The van der Waals surface area contributed by atoms with Gasteiger partial charge in [-0.2, -0.15) is 0 Å². The van der Waals surface area contributed by atoms with Crippen LogP contribution in [0, 0.1) is 11.3 Å². The van der Waals surface area contributed by atoms with Crippen molar-refractivity contribution in [2.45, 2.75) is 46.5 Å². The second-order valence-corrected chi connectivity index (χ2v) is 5.58. The van der Waals surface area contributed by atoms with Crippen LogP contribution in [0.2, 0.25) is 0 Å². The average Bonchev–Trinajstić information content (AvgIpc) is 2.27. The Hall–Kier alpha value is -0.370. The van der Waals surface area contributed by atoms with E-state index in [4.69, 9.17) is 0 Å². The first-order chi connectivity index (χ1) is 6.49. The molecule has 0 saturated carbocycles. The lowest BCUT2D eigenvalue weighted by Crippen LogP contribution is -2.22. The highest BCUT2D eigenvalue weighted by molar-refractivity contribution is 5.81. The minimum atomic E-state index is 0.150. The molecule has 1 saturated heterocycles. The zero-order valence-electron chi connectivity index (χ0n) is 9.73. The third kappa shape index (κ3) is 4.23. The SMILES string of the molecule is CC(C)(C)CC(=O)C1CCCNCC1. The fourth-order valence-electron chi connectivity index (χ4n) is 2.01. The van der Waals surface area contributed by atoms with Crippen molar-refractivity contribution in [1.29, 1.82) is 0 Å². The molecule has 0 aromatic heterocycles. The molecule has 1 N–H and O–H groups in total. The smallest absolute Gasteiger partial charge is 0.136 e. The Morgan fingerprint density at radius 2 is 2.00 bits per heavy atom. The summed E-state index contributed by atoms with van der Waals surface area (Å²) in [6.45, 7) is 8.51. The molecule has 2 nitrogen and oxygen atoms in total. The van der Waals surface area contributed by atoms with E-state index in [1.165, 1.54) is 0 Å². The molecule has 1 atom stereocenters. The summed E-state index contributed by atoms with van der Waals surface area (Å²) in [5, 5.41) is 3.34. The first kappa shape index (κ1) is 11.7. The van der Waals surface area contributed by atoms with E-state index in [-0.39, 0.29) is 5.41 Å². The third-order valence-corrected chi connectivity index (χ3v) is 2.74. The van der Waals surface area contributed by atoms with Crippen LogP contribution in [-0.2, 0) is 4.79 Å². The van der Waals surface area contributed by atoms with Crippen molar-refractivity contribution in [1.82, 2.24) is 5.32 Å². The van der Waals surface area contributed by atoms with E-state index in [1.807, 2.05) is 0 Å². The van der Waals surface area contributed by atoms with E-state index in [1.54, 1.807) is 0 Å². The molecular formula is C12H23NO. The molecule has 2 heteroatoms. The normalized spacial score (nSPS) is 24.4. The van der Waals surface area contributed by atoms with Gasteiger partial charge >= 0.3 is 0 Å². The molecule has 0 amide bonds. The summed E-state index contributed by atoms with van der Waals surface area (Å²) in [6.07, 6.45) is 4.01. The summed E-state index contributed by atoms with van der Waals surface area (Å²) in [4.78, 5) is 11.9. The summed E-state index contributed by atoms with van der Waals surface area (Å²) >= 11 is 0. The quantitative estimate of drug-likeness (QED) is 0.736. The van der Waals surface area contributed by atoms with Crippen molar-refractivity contribution in [3.63, 3.8) is 0 Å². The molecule has 0 aliphatic carbocycles. The predicted octanol–water partition coefficient (Wildman–Crippen LogP) is 2.38. The number of carbonyl (C=O) groups excluding carboxylic acids is 1. The van der Waals surface area contributed by atoms with Crippen molar-refractivity contribution in [3.05, 3.63) is 0 Å². The maximum absolute atomic E-state index is 11.9. The van der Waals surface area contributed by atoms with Crippen LogP contribution in [-0.4, -0.2) is 18.9 Å². The van der Waals surface area contributed by atoms with Gasteiger partial charge in [-0.1, -0.05) is 20.8 Å². The van der Waals surface area contributed by atoms with Gasteiger partial charge in [-0.25, -0.2) is 0 Å². The van der Waals surface area contributed by atoms with E-state index in [0.717, 1.165) is 38.8 Å². The molecule has 1 aliphatic heterocycles. The molecule has 0 aromatic carbocycles. The molecule has 0 aromatic rings. The topological polar surface area (TPSA) is 29.1 Å². The zero-order chi connectivity index (χ0) is 10.6. The van der Waals surface area contributed by atoms with Crippen molar-refractivity contribution in [2.24, 2.45) is 11.3 Å². The maximum Gasteiger partial charge on any atom is 0.136 e. The third-order valence-electron chi connectivity index (χ3n) is 2.74. The Balaban J connectivity index is 2.42. The van der Waals surface area contributed by atoms with E-state index in [2.05, 4.69) is 26.1 Å². The number of rotatable bonds is 2. The molecule has 1 heterocycles. The Labute approximate surface area is 87.5 Å². The molecule has 14 heavy (non-hydrogen) atoms. The zero-order valence-corrected chi connectivity index (χ0v) is 9.73. The van der Waals surface area contributed by atoms with Gasteiger partial charge in [0, 0.05) is 12.3 Å². The highest BCUT2D eigenvalue weighted by Gasteiger charge is 2.24. The van der Waals surface area contributed by atoms with Gasteiger partial charge < -0.3 is 5.32 Å². The Morgan fingerprint density at radius 1 is 1.29 bits per heavy atom. The van der Waals surface area contributed by atoms with Crippen LogP contribution in [0.5, 0.6) is 0 Å². The molecule has 1 unspecified atom stereocenters. The summed E-state index contributed by atoms with van der Waals surface area (Å²) in [7, 11) is 0. The second kappa shape index (κ2) is 4.92. The van der Waals surface area contributed by atoms with Crippen molar-refractivity contribution >= 4 is 5.78 Å². The maximum atomic E-state index is 11.9. The molecule has 1 fully saturated rings. The fraction of sp³-hybridized carbons (Fsp3) is 0.917. The lowest BCUT2D eigenvalue weighted by atomic mass is 9.83. The van der Waals surface area contributed by atoms with Gasteiger partial charge in [0.2, 0.25) is 0 Å². The van der Waals surface area contributed by atoms with E-state index >= 15 is 0 Å². The monoisotopic (exact) mass is 197 g/mol. The highest BCUT2D eigenvalue weighted by atomic mass is 16.1. The summed E-state index contributed by atoms with van der Waals surface area (Å²) in [5.74, 6) is 0.797. The lowest BCUT2D eigenvalue weighted by molar-refractivity contribution is -0.124. The first-order valence-corrected chi connectivity index (χ1v) is 5.72. The van der Waals surface area contributed by atoms with Crippen molar-refractivity contribution in [3.8, 4) is 0 Å². The average molecular weight is 197 g/mol. The van der Waals surface area contributed by atoms with Crippen LogP contribution in [0.3, 0.4) is 0 Å². The number of ketones is 1. The lowest BCUT2D eigenvalue weighted by Gasteiger charge is -2.20. The van der Waals surface area contributed by atoms with Crippen LogP contribution in [0.25, 0.3) is 0 Å². The van der Waals surface area contributed by atoms with Crippen LogP contribution < -0.4 is 5.32 Å². The first-order valence-electron chi connectivity index (χ1n) is 5.72. The van der Waals surface area contributed by atoms with Crippen LogP contribution >= 0.6 is 0 Å². The fourth-order valence-corrected chi connectivity index (χ4v) is 2.01. The minimum absolute atomic E-state index is 0.150. The number of nitrogens with one attached hydrogen (secondary N) is 1. The van der Waals surface area contributed by atoms with E-state index in [9.17, 15) is 4.79 Å². The van der Waals surface area contributed by atoms with Gasteiger partial charge in [0.05, 0.1) is 0 Å². The molecule has 1 aliphatic rings. The number of carbonyl (C=O) groups is 1. The largest absolute Gasteiger partial charge is 0.317 e. The Morgan fingerprint density at radius 3 is 2.64 bits per heavy atom. The van der Waals surface area contributed by atoms with Crippen LogP contribution in [0.1, 0.15) is 46.5 Å². The van der Waals surface area contributed by atoms with Gasteiger partial charge in [-0.05, 0) is 37.8 Å². The highest BCUT2D eigenvalue weighted by Crippen LogP contribution is 2.24. The Kier molecular flexibility index (Phi) is 4.11. The predicted molar refractivity (Wildman–Crippen MR) is 59.3 cm³/mol. The van der Waals surface area contributed by atoms with Gasteiger partial charge in [0.15, 0.2) is 0 Å². The van der Waals surface area contributed by atoms with E-state index in [0.29, 0.717) is 11.7 Å². The minimum Gasteiger partial charge on any atom is -0.317 e. The molecule has 0 spiro atoms. The summed E-state index contributed by atoms with van der Waals surface area (Å²) in [6, 6.07) is 0.